The van der Waals surface area contributed by atoms with Gasteiger partial charge in [0.1, 0.15) is 4.34 Å². The Morgan fingerprint density at radius 3 is 2.77 bits per heavy atom. The number of anilines is 1. The standard InChI is InChI=1S/C15H17N3O2S2/c1-10(2)17-14(20)11-5-3-4-6-12(11)18-13(19)9-22-15-16-7-8-21-15/h3-8,10H,9H2,1-2H3,(H,17,20)(H,18,19). The number of aromatic nitrogens is 1. The summed E-state index contributed by atoms with van der Waals surface area (Å²) in [5.74, 6) is -0.100. The topological polar surface area (TPSA) is 71.1 Å². The normalized spacial score (nSPS) is 10.5. The first-order valence-corrected chi connectivity index (χ1v) is 8.65. The van der Waals surface area contributed by atoms with Gasteiger partial charge in [-0.25, -0.2) is 4.98 Å². The number of hydrogen-bond acceptors (Lipinski definition) is 5. The Kier molecular flexibility index (Phi) is 5.97. The molecule has 0 fully saturated rings. The highest BCUT2D eigenvalue weighted by Gasteiger charge is 2.14. The molecule has 0 bridgehead atoms. The van der Waals surface area contributed by atoms with Crippen LogP contribution in [0.3, 0.4) is 0 Å². The van der Waals surface area contributed by atoms with Gasteiger partial charge in [-0.2, -0.15) is 0 Å². The Morgan fingerprint density at radius 1 is 1.32 bits per heavy atom. The molecule has 5 nitrogen and oxygen atoms in total. The molecule has 0 saturated carbocycles. The first kappa shape index (κ1) is 16.5. The predicted octanol–water partition coefficient (Wildman–Crippen LogP) is 3.01. The average Bonchev–Trinajstić information content (AvgIpc) is 2.98. The van der Waals surface area contributed by atoms with Crippen molar-refractivity contribution < 1.29 is 9.59 Å². The van der Waals surface area contributed by atoms with Gasteiger partial charge in [0.2, 0.25) is 5.91 Å². The van der Waals surface area contributed by atoms with Gasteiger partial charge in [0.25, 0.3) is 5.91 Å². The molecule has 0 aliphatic rings. The fourth-order valence-corrected chi connectivity index (χ4v) is 3.16. The summed E-state index contributed by atoms with van der Waals surface area (Å²) in [5.41, 5.74) is 0.981. The Hall–Kier alpha value is -1.86. The summed E-state index contributed by atoms with van der Waals surface area (Å²) in [7, 11) is 0. The number of carbonyl (C=O) groups excluding carboxylic acids is 2. The highest BCUT2D eigenvalue weighted by molar-refractivity contribution is 8.01. The summed E-state index contributed by atoms with van der Waals surface area (Å²) in [6.45, 7) is 3.79. The number of hydrogen-bond donors (Lipinski definition) is 2. The van der Waals surface area contributed by atoms with Gasteiger partial charge < -0.3 is 10.6 Å². The van der Waals surface area contributed by atoms with Crippen molar-refractivity contribution >= 4 is 40.6 Å². The lowest BCUT2D eigenvalue weighted by atomic mass is 10.1. The molecule has 0 radical (unpaired) electrons. The summed E-state index contributed by atoms with van der Waals surface area (Å²) < 4.78 is 0.848. The van der Waals surface area contributed by atoms with Crippen molar-refractivity contribution in [1.82, 2.24) is 10.3 Å². The Bertz CT molecular complexity index is 642. The molecule has 2 rings (SSSR count). The van der Waals surface area contributed by atoms with Crippen LogP contribution in [-0.2, 0) is 4.79 Å². The number of amides is 2. The van der Waals surface area contributed by atoms with E-state index in [1.54, 1.807) is 30.5 Å². The summed E-state index contributed by atoms with van der Waals surface area (Å²) in [4.78, 5) is 28.3. The van der Waals surface area contributed by atoms with E-state index in [0.29, 0.717) is 11.3 Å². The minimum Gasteiger partial charge on any atom is -0.350 e. The summed E-state index contributed by atoms with van der Waals surface area (Å²) >= 11 is 2.87. The number of thioether (sulfide) groups is 1. The monoisotopic (exact) mass is 335 g/mol. The van der Waals surface area contributed by atoms with Crippen LogP contribution in [-0.4, -0.2) is 28.6 Å². The number of nitrogens with zero attached hydrogens (tertiary/aromatic N) is 1. The quantitative estimate of drug-likeness (QED) is 0.796. The molecular weight excluding hydrogens is 318 g/mol. The van der Waals surface area contributed by atoms with Gasteiger partial charge in [-0.15, -0.1) is 11.3 Å². The van der Waals surface area contributed by atoms with Gasteiger partial charge in [-0.05, 0) is 26.0 Å². The fourth-order valence-electron chi connectivity index (χ4n) is 1.73. The van der Waals surface area contributed by atoms with Crippen molar-refractivity contribution in [3.05, 3.63) is 41.4 Å². The number of carbonyl (C=O) groups is 2. The molecule has 0 spiro atoms. The van der Waals surface area contributed by atoms with Crippen molar-refractivity contribution in [2.45, 2.75) is 24.2 Å². The van der Waals surface area contributed by atoms with Crippen LogP contribution < -0.4 is 10.6 Å². The van der Waals surface area contributed by atoms with E-state index in [1.165, 1.54) is 23.1 Å². The second-order valence-electron chi connectivity index (χ2n) is 4.81. The van der Waals surface area contributed by atoms with Crippen LogP contribution in [0.25, 0.3) is 0 Å². The van der Waals surface area contributed by atoms with Gasteiger partial charge >= 0.3 is 0 Å². The maximum Gasteiger partial charge on any atom is 0.253 e. The van der Waals surface area contributed by atoms with E-state index in [4.69, 9.17) is 0 Å². The SMILES string of the molecule is CC(C)NC(=O)c1ccccc1NC(=O)CSc1nccs1. The molecule has 116 valence electrons. The zero-order valence-electron chi connectivity index (χ0n) is 12.3. The number of benzene rings is 1. The lowest BCUT2D eigenvalue weighted by Crippen LogP contribution is -2.31. The molecule has 2 N–H and O–H groups in total. The molecule has 0 aliphatic heterocycles. The third-order valence-electron chi connectivity index (χ3n) is 2.60. The van der Waals surface area contributed by atoms with Crippen LogP contribution >= 0.6 is 23.1 Å². The van der Waals surface area contributed by atoms with Crippen LogP contribution in [0.15, 0.2) is 40.2 Å². The number of thiazole rings is 1. The first-order chi connectivity index (χ1) is 10.6. The molecule has 0 unspecified atom stereocenters. The molecule has 0 atom stereocenters. The third kappa shape index (κ3) is 4.85. The van der Waals surface area contributed by atoms with Crippen LogP contribution in [0, 0.1) is 0 Å². The minimum atomic E-state index is -0.196. The largest absolute Gasteiger partial charge is 0.350 e. The second-order valence-corrected chi connectivity index (χ2v) is 6.93. The fraction of sp³-hybridized carbons (Fsp3) is 0.267. The van der Waals surface area contributed by atoms with Crippen LogP contribution in [0.1, 0.15) is 24.2 Å². The Balaban J connectivity index is 1.99. The maximum absolute atomic E-state index is 12.1. The third-order valence-corrected chi connectivity index (χ3v) is 4.57. The molecule has 1 aromatic heterocycles. The Morgan fingerprint density at radius 2 is 2.09 bits per heavy atom. The van der Waals surface area contributed by atoms with Crippen molar-refractivity contribution in [1.29, 1.82) is 0 Å². The summed E-state index contributed by atoms with van der Waals surface area (Å²) in [6.07, 6.45) is 1.70. The zero-order valence-corrected chi connectivity index (χ0v) is 14.0. The highest BCUT2D eigenvalue weighted by atomic mass is 32.2. The van der Waals surface area contributed by atoms with E-state index in [1.807, 2.05) is 19.2 Å². The van der Waals surface area contributed by atoms with Crippen molar-refractivity contribution in [3.63, 3.8) is 0 Å². The number of rotatable bonds is 6. The highest BCUT2D eigenvalue weighted by Crippen LogP contribution is 2.21. The van der Waals surface area contributed by atoms with Gasteiger partial charge in [0, 0.05) is 17.6 Å². The van der Waals surface area contributed by atoms with E-state index < -0.39 is 0 Å². The molecule has 1 heterocycles. The molecule has 7 heteroatoms. The lowest BCUT2D eigenvalue weighted by Gasteiger charge is -2.12. The lowest BCUT2D eigenvalue weighted by molar-refractivity contribution is -0.113. The molecular formula is C15H17N3O2S2. The predicted molar refractivity (Wildman–Crippen MR) is 90.5 cm³/mol. The first-order valence-electron chi connectivity index (χ1n) is 6.78. The van der Waals surface area contributed by atoms with Gasteiger partial charge in [0.05, 0.1) is 17.0 Å². The minimum absolute atomic E-state index is 0.0386. The van der Waals surface area contributed by atoms with Crippen molar-refractivity contribution in [3.8, 4) is 0 Å². The molecule has 2 amide bonds. The maximum atomic E-state index is 12.1. The smallest absolute Gasteiger partial charge is 0.253 e. The van der Waals surface area contributed by atoms with Gasteiger partial charge in [-0.3, -0.25) is 9.59 Å². The van der Waals surface area contributed by atoms with Crippen molar-refractivity contribution in [2.24, 2.45) is 0 Å². The van der Waals surface area contributed by atoms with E-state index in [2.05, 4.69) is 15.6 Å². The number of nitrogens with one attached hydrogen (secondary N) is 2. The van der Waals surface area contributed by atoms with Gasteiger partial charge in [0.15, 0.2) is 0 Å². The van der Waals surface area contributed by atoms with Crippen LogP contribution in [0.5, 0.6) is 0 Å². The zero-order chi connectivity index (χ0) is 15.9. The summed E-state index contributed by atoms with van der Waals surface area (Å²) in [6, 6.07) is 7.02. The van der Waals surface area contributed by atoms with E-state index >= 15 is 0 Å². The summed E-state index contributed by atoms with van der Waals surface area (Å²) in [5, 5.41) is 7.47. The number of para-hydroxylation sites is 1. The van der Waals surface area contributed by atoms with Crippen molar-refractivity contribution in [2.75, 3.05) is 11.1 Å². The van der Waals surface area contributed by atoms with E-state index in [0.717, 1.165) is 4.34 Å². The van der Waals surface area contributed by atoms with E-state index in [9.17, 15) is 9.59 Å². The second kappa shape index (κ2) is 7.95. The Labute approximate surface area is 137 Å². The van der Waals surface area contributed by atoms with E-state index in [-0.39, 0.29) is 23.6 Å². The molecule has 0 saturated heterocycles. The molecule has 0 aliphatic carbocycles. The molecule has 2 aromatic rings. The molecule has 1 aromatic carbocycles. The molecule has 22 heavy (non-hydrogen) atoms. The van der Waals surface area contributed by atoms with Crippen LogP contribution in [0.4, 0.5) is 5.69 Å². The van der Waals surface area contributed by atoms with Gasteiger partial charge in [-0.1, -0.05) is 23.9 Å². The van der Waals surface area contributed by atoms with Crippen LogP contribution in [0.2, 0.25) is 0 Å². The average molecular weight is 335 g/mol.